The minimum Gasteiger partial charge on any atom is -0.452 e. The van der Waals surface area contributed by atoms with Gasteiger partial charge in [0.15, 0.2) is 6.61 Å². The summed E-state index contributed by atoms with van der Waals surface area (Å²) in [6.07, 6.45) is 6.34. The molecular weight excluding hydrogens is 446 g/mol. The molecule has 0 aromatic heterocycles. The van der Waals surface area contributed by atoms with E-state index in [0.717, 1.165) is 51.0 Å². The van der Waals surface area contributed by atoms with Crippen LogP contribution in [0, 0.1) is 0 Å². The number of benzene rings is 1. The van der Waals surface area contributed by atoms with Crippen LogP contribution in [0.25, 0.3) is 0 Å². The van der Waals surface area contributed by atoms with Crippen LogP contribution in [0.2, 0.25) is 5.02 Å². The van der Waals surface area contributed by atoms with Crippen molar-refractivity contribution >= 4 is 39.5 Å². The van der Waals surface area contributed by atoms with E-state index in [1.54, 1.807) is 0 Å². The van der Waals surface area contributed by atoms with Crippen LogP contribution in [0.4, 0.5) is 4.79 Å². The second-order valence-electron chi connectivity index (χ2n) is 7.69. The number of hydrogen-bond donors (Lipinski definition) is 2. The summed E-state index contributed by atoms with van der Waals surface area (Å²) in [6, 6.07) is 3.20. The Balaban J connectivity index is 1.58. The van der Waals surface area contributed by atoms with Crippen molar-refractivity contribution < 1.29 is 27.5 Å². The molecule has 9 nitrogen and oxygen atoms in total. The Bertz CT molecular complexity index is 940. The van der Waals surface area contributed by atoms with Crippen LogP contribution in [-0.4, -0.2) is 56.4 Å². The van der Waals surface area contributed by atoms with Gasteiger partial charge < -0.3 is 10.1 Å². The van der Waals surface area contributed by atoms with E-state index in [2.05, 4.69) is 10.6 Å². The molecule has 2 fully saturated rings. The lowest BCUT2D eigenvalue weighted by atomic mass is 10.2. The molecular formula is C20H26ClN3O6S. The average molecular weight is 472 g/mol. The highest BCUT2D eigenvalue weighted by atomic mass is 35.5. The van der Waals surface area contributed by atoms with Crippen LogP contribution in [0.15, 0.2) is 23.1 Å². The number of hydrogen-bond acceptors (Lipinski definition) is 6. The molecule has 1 aliphatic heterocycles. The smallest absolute Gasteiger partial charge is 0.340 e. The van der Waals surface area contributed by atoms with Crippen molar-refractivity contribution in [3.8, 4) is 0 Å². The quantitative estimate of drug-likeness (QED) is 0.614. The number of carbonyl (C=O) groups excluding carboxylic acids is 3. The molecule has 170 valence electrons. The zero-order valence-electron chi connectivity index (χ0n) is 17.1. The molecule has 0 spiro atoms. The second-order valence-corrected chi connectivity index (χ2v) is 10.0. The molecule has 1 saturated carbocycles. The minimum atomic E-state index is -3.76. The fourth-order valence-electron chi connectivity index (χ4n) is 3.74. The lowest BCUT2D eigenvalue weighted by molar-refractivity contribution is -0.123. The van der Waals surface area contributed by atoms with E-state index in [1.165, 1.54) is 16.4 Å². The van der Waals surface area contributed by atoms with Gasteiger partial charge >= 0.3 is 12.0 Å². The maximum atomic E-state index is 12.8. The molecule has 11 heteroatoms. The van der Waals surface area contributed by atoms with Crippen molar-refractivity contribution in [3.05, 3.63) is 28.8 Å². The molecule has 1 aromatic rings. The van der Waals surface area contributed by atoms with Crippen molar-refractivity contribution in [2.24, 2.45) is 0 Å². The number of urea groups is 1. The van der Waals surface area contributed by atoms with Crippen molar-refractivity contribution in [1.82, 2.24) is 14.9 Å². The third kappa shape index (κ3) is 6.18. The van der Waals surface area contributed by atoms with E-state index in [4.69, 9.17) is 16.3 Å². The summed E-state index contributed by atoms with van der Waals surface area (Å²) in [5.41, 5.74) is -0.164. The molecule has 0 unspecified atom stereocenters. The highest BCUT2D eigenvalue weighted by Gasteiger charge is 2.28. The Morgan fingerprint density at radius 2 is 1.74 bits per heavy atom. The van der Waals surface area contributed by atoms with Crippen LogP contribution in [-0.2, 0) is 19.6 Å². The Kier molecular flexibility index (Phi) is 7.90. The molecule has 0 atom stereocenters. The van der Waals surface area contributed by atoms with Gasteiger partial charge in [0.2, 0.25) is 10.0 Å². The molecule has 31 heavy (non-hydrogen) atoms. The Morgan fingerprint density at radius 1 is 1.06 bits per heavy atom. The summed E-state index contributed by atoms with van der Waals surface area (Å²) in [7, 11) is -3.76. The largest absolute Gasteiger partial charge is 0.452 e. The van der Waals surface area contributed by atoms with Crippen molar-refractivity contribution in [3.63, 3.8) is 0 Å². The third-order valence-corrected chi connectivity index (χ3v) is 7.61. The first-order valence-electron chi connectivity index (χ1n) is 10.3. The molecule has 1 saturated heterocycles. The number of sulfonamides is 1. The van der Waals surface area contributed by atoms with Gasteiger partial charge in [-0.3, -0.25) is 10.1 Å². The van der Waals surface area contributed by atoms with E-state index in [-0.39, 0.29) is 21.5 Å². The minimum absolute atomic E-state index is 0.00183. The standard InChI is InChI=1S/C20H26ClN3O6S/c21-17-9-8-15(31(28,29)24-10-4-1-5-11-24)12-16(17)19(26)30-13-18(25)23-20(27)22-14-6-2-3-7-14/h8-9,12,14H,1-7,10-11,13H2,(H2,22,23,25,27). The van der Waals surface area contributed by atoms with Gasteiger partial charge in [-0.1, -0.05) is 30.9 Å². The number of carbonyl (C=O) groups is 3. The van der Waals surface area contributed by atoms with Crippen LogP contribution >= 0.6 is 11.6 Å². The van der Waals surface area contributed by atoms with Gasteiger partial charge in [-0.05, 0) is 43.9 Å². The molecule has 0 radical (unpaired) electrons. The van der Waals surface area contributed by atoms with Gasteiger partial charge in [0.05, 0.1) is 15.5 Å². The highest BCUT2D eigenvalue weighted by molar-refractivity contribution is 7.89. The normalized spacial score (nSPS) is 17.8. The number of nitrogens with one attached hydrogen (secondary N) is 2. The Hall–Kier alpha value is -2.17. The number of nitrogens with zero attached hydrogens (tertiary/aromatic N) is 1. The summed E-state index contributed by atoms with van der Waals surface area (Å²) in [6.45, 7) is 0.151. The first kappa shape index (κ1) is 23.5. The first-order valence-corrected chi connectivity index (χ1v) is 12.2. The van der Waals surface area contributed by atoms with E-state index in [0.29, 0.717) is 13.1 Å². The molecule has 1 aromatic carbocycles. The zero-order chi connectivity index (χ0) is 22.4. The van der Waals surface area contributed by atoms with E-state index in [1.807, 2.05) is 0 Å². The lowest BCUT2D eigenvalue weighted by Crippen LogP contribution is -2.45. The molecule has 1 heterocycles. The van der Waals surface area contributed by atoms with Gasteiger partial charge in [-0.2, -0.15) is 4.31 Å². The van der Waals surface area contributed by atoms with Crippen molar-refractivity contribution in [2.75, 3.05) is 19.7 Å². The maximum Gasteiger partial charge on any atom is 0.340 e. The van der Waals surface area contributed by atoms with Crippen LogP contribution in [0.5, 0.6) is 0 Å². The predicted molar refractivity (Wildman–Crippen MR) is 113 cm³/mol. The number of piperidine rings is 1. The lowest BCUT2D eigenvalue weighted by Gasteiger charge is -2.26. The number of rotatable bonds is 6. The van der Waals surface area contributed by atoms with Gasteiger partial charge in [0.25, 0.3) is 5.91 Å². The van der Waals surface area contributed by atoms with Crippen LogP contribution in [0.1, 0.15) is 55.3 Å². The highest BCUT2D eigenvalue weighted by Crippen LogP contribution is 2.25. The fourth-order valence-corrected chi connectivity index (χ4v) is 5.48. The summed E-state index contributed by atoms with van der Waals surface area (Å²) >= 11 is 6.05. The number of esters is 1. The van der Waals surface area contributed by atoms with Gasteiger partial charge in [-0.25, -0.2) is 18.0 Å². The molecule has 2 N–H and O–H groups in total. The molecule has 3 amide bonds. The number of imide groups is 1. The van der Waals surface area contributed by atoms with E-state index >= 15 is 0 Å². The van der Waals surface area contributed by atoms with Gasteiger partial charge in [-0.15, -0.1) is 0 Å². The predicted octanol–water partition coefficient (Wildman–Crippen LogP) is 2.44. The number of halogens is 1. The molecule has 2 aliphatic rings. The summed E-state index contributed by atoms with van der Waals surface area (Å²) in [4.78, 5) is 36.0. The number of amides is 3. The first-order chi connectivity index (χ1) is 14.8. The van der Waals surface area contributed by atoms with Gasteiger partial charge in [0.1, 0.15) is 0 Å². The topological polar surface area (TPSA) is 122 Å². The van der Waals surface area contributed by atoms with Crippen molar-refractivity contribution in [1.29, 1.82) is 0 Å². The zero-order valence-corrected chi connectivity index (χ0v) is 18.6. The Labute approximate surface area is 186 Å². The molecule has 0 bridgehead atoms. The monoisotopic (exact) mass is 471 g/mol. The van der Waals surface area contributed by atoms with Crippen molar-refractivity contribution in [2.45, 2.75) is 55.9 Å². The Morgan fingerprint density at radius 3 is 2.42 bits per heavy atom. The SMILES string of the molecule is O=C(COC(=O)c1cc(S(=O)(=O)N2CCCCC2)ccc1Cl)NC(=O)NC1CCCC1. The second kappa shape index (κ2) is 10.4. The van der Waals surface area contributed by atoms with Crippen LogP contribution in [0.3, 0.4) is 0 Å². The van der Waals surface area contributed by atoms with Gasteiger partial charge in [0, 0.05) is 19.1 Å². The summed E-state index contributed by atoms with van der Waals surface area (Å²) in [5.74, 6) is -1.75. The summed E-state index contributed by atoms with van der Waals surface area (Å²) in [5, 5.41) is 4.80. The maximum absolute atomic E-state index is 12.8. The summed E-state index contributed by atoms with van der Waals surface area (Å²) < 4.78 is 32.0. The fraction of sp³-hybridized carbons (Fsp3) is 0.550. The third-order valence-electron chi connectivity index (χ3n) is 5.39. The molecule has 1 aliphatic carbocycles. The van der Waals surface area contributed by atoms with E-state index < -0.39 is 34.5 Å². The molecule has 3 rings (SSSR count). The van der Waals surface area contributed by atoms with Crippen LogP contribution < -0.4 is 10.6 Å². The number of ether oxygens (including phenoxy) is 1. The average Bonchev–Trinajstić information content (AvgIpc) is 3.25. The van der Waals surface area contributed by atoms with E-state index in [9.17, 15) is 22.8 Å².